The second-order valence-corrected chi connectivity index (χ2v) is 6.03. The van der Waals surface area contributed by atoms with E-state index in [1.807, 2.05) is 6.07 Å². The lowest BCUT2D eigenvalue weighted by Crippen LogP contribution is -2.52. The number of rotatable bonds is 4. The lowest BCUT2D eigenvalue weighted by Gasteiger charge is -2.36. The van der Waals surface area contributed by atoms with Crippen LogP contribution in [0.1, 0.15) is 5.56 Å². The van der Waals surface area contributed by atoms with E-state index in [0.717, 1.165) is 5.69 Å². The number of carbonyl (C=O) groups excluding carboxylic acids is 1. The summed E-state index contributed by atoms with van der Waals surface area (Å²) in [4.78, 5) is 16.0. The van der Waals surface area contributed by atoms with E-state index in [1.54, 1.807) is 29.2 Å². The second-order valence-electron chi connectivity index (χ2n) is 6.03. The molecule has 6 heteroatoms. The van der Waals surface area contributed by atoms with Crippen molar-refractivity contribution in [2.24, 2.45) is 0 Å². The number of urea groups is 1. The molecule has 0 radical (unpaired) electrons. The molecule has 1 N–H and O–H groups in total. The SMILES string of the molecule is O=C(NCCc1ccccc1F)N1CCN(c2cccc(F)c2)CC1. The van der Waals surface area contributed by atoms with Crippen molar-refractivity contribution < 1.29 is 13.6 Å². The van der Waals surface area contributed by atoms with Gasteiger partial charge >= 0.3 is 6.03 Å². The van der Waals surface area contributed by atoms with Gasteiger partial charge in [-0.3, -0.25) is 0 Å². The number of nitrogens with zero attached hydrogens (tertiary/aromatic N) is 2. The first-order valence-corrected chi connectivity index (χ1v) is 8.40. The molecule has 1 aliphatic rings. The van der Waals surface area contributed by atoms with Crippen LogP contribution in [0.2, 0.25) is 0 Å². The summed E-state index contributed by atoms with van der Waals surface area (Å²) >= 11 is 0. The first-order valence-electron chi connectivity index (χ1n) is 8.40. The highest BCUT2D eigenvalue weighted by Gasteiger charge is 2.21. The van der Waals surface area contributed by atoms with Crippen LogP contribution in [0.3, 0.4) is 0 Å². The van der Waals surface area contributed by atoms with E-state index >= 15 is 0 Å². The first-order chi connectivity index (χ1) is 12.1. The van der Waals surface area contributed by atoms with Crippen molar-refractivity contribution in [2.45, 2.75) is 6.42 Å². The summed E-state index contributed by atoms with van der Waals surface area (Å²) in [6, 6.07) is 12.9. The van der Waals surface area contributed by atoms with Gasteiger partial charge in [-0.25, -0.2) is 13.6 Å². The molecule has 0 bridgehead atoms. The molecule has 1 aliphatic heterocycles. The smallest absolute Gasteiger partial charge is 0.317 e. The number of hydrogen-bond donors (Lipinski definition) is 1. The van der Waals surface area contributed by atoms with Crippen LogP contribution in [-0.4, -0.2) is 43.7 Å². The Morgan fingerprint density at radius 1 is 1.00 bits per heavy atom. The molecular weight excluding hydrogens is 324 g/mol. The summed E-state index contributed by atoms with van der Waals surface area (Å²) in [5, 5.41) is 2.83. The lowest BCUT2D eigenvalue weighted by molar-refractivity contribution is 0.194. The van der Waals surface area contributed by atoms with Crippen LogP contribution in [0.15, 0.2) is 48.5 Å². The largest absolute Gasteiger partial charge is 0.368 e. The van der Waals surface area contributed by atoms with E-state index in [0.29, 0.717) is 44.7 Å². The minimum Gasteiger partial charge on any atom is -0.368 e. The summed E-state index contributed by atoms with van der Waals surface area (Å²) in [6.07, 6.45) is 0.460. The molecule has 0 aromatic heterocycles. The fourth-order valence-electron chi connectivity index (χ4n) is 2.96. The van der Waals surface area contributed by atoms with Crippen LogP contribution in [0.4, 0.5) is 19.3 Å². The number of carbonyl (C=O) groups is 1. The molecule has 1 saturated heterocycles. The topological polar surface area (TPSA) is 35.6 Å². The van der Waals surface area contributed by atoms with Crippen LogP contribution in [0, 0.1) is 11.6 Å². The van der Waals surface area contributed by atoms with Gasteiger partial charge in [0.1, 0.15) is 11.6 Å². The molecule has 3 rings (SSSR count). The van der Waals surface area contributed by atoms with Gasteiger partial charge in [-0.2, -0.15) is 0 Å². The number of hydrogen-bond acceptors (Lipinski definition) is 2. The van der Waals surface area contributed by atoms with Gasteiger partial charge in [-0.15, -0.1) is 0 Å². The average molecular weight is 345 g/mol. The van der Waals surface area contributed by atoms with Crippen LogP contribution >= 0.6 is 0 Å². The summed E-state index contributed by atoms with van der Waals surface area (Å²) in [7, 11) is 0. The van der Waals surface area contributed by atoms with E-state index in [1.165, 1.54) is 18.2 Å². The third-order valence-electron chi connectivity index (χ3n) is 4.37. The summed E-state index contributed by atoms with van der Waals surface area (Å²) in [5.74, 6) is -0.508. The molecule has 0 spiro atoms. The zero-order valence-electron chi connectivity index (χ0n) is 13.9. The number of piperazine rings is 1. The molecule has 0 unspecified atom stereocenters. The fraction of sp³-hybridized carbons (Fsp3) is 0.316. The van der Waals surface area contributed by atoms with Crippen LogP contribution in [0.5, 0.6) is 0 Å². The molecule has 2 aromatic rings. The van der Waals surface area contributed by atoms with Crippen molar-refractivity contribution in [3.8, 4) is 0 Å². The Kier molecular flexibility index (Phi) is 5.48. The van der Waals surface area contributed by atoms with Crippen molar-refractivity contribution >= 4 is 11.7 Å². The van der Waals surface area contributed by atoms with Gasteiger partial charge < -0.3 is 15.1 Å². The molecule has 132 valence electrons. The van der Waals surface area contributed by atoms with Gasteiger partial charge in [-0.05, 0) is 36.2 Å². The number of halogens is 2. The monoisotopic (exact) mass is 345 g/mol. The number of anilines is 1. The van der Waals surface area contributed by atoms with Crippen molar-refractivity contribution in [1.82, 2.24) is 10.2 Å². The van der Waals surface area contributed by atoms with Gasteiger partial charge in [0.05, 0.1) is 0 Å². The Bertz CT molecular complexity index is 730. The maximum atomic E-state index is 13.5. The van der Waals surface area contributed by atoms with E-state index in [2.05, 4.69) is 10.2 Å². The van der Waals surface area contributed by atoms with Gasteiger partial charge in [0.25, 0.3) is 0 Å². The highest BCUT2D eigenvalue weighted by molar-refractivity contribution is 5.74. The molecule has 0 aliphatic carbocycles. The van der Waals surface area contributed by atoms with E-state index in [9.17, 15) is 13.6 Å². The average Bonchev–Trinajstić information content (AvgIpc) is 2.63. The Morgan fingerprint density at radius 3 is 2.48 bits per heavy atom. The van der Waals surface area contributed by atoms with Crippen molar-refractivity contribution in [3.05, 3.63) is 65.7 Å². The van der Waals surface area contributed by atoms with Crippen molar-refractivity contribution in [3.63, 3.8) is 0 Å². The zero-order chi connectivity index (χ0) is 17.6. The Hall–Kier alpha value is -2.63. The quantitative estimate of drug-likeness (QED) is 0.925. The third-order valence-corrected chi connectivity index (χ3v) is 4.37. The zero-order valence-corrected chi connectivity index (χ0v) is 13.9. The second kappa shape index (κ2) is 7.96. The molecule has 4 nitrogen and oxygen atoms in total. The highest BCUT2D eigenvalue weighted by atomic mass is 19.1. The van der Waals surface area contributed by atoms with Gasteiger partial charge in [0, 0.05) is 38.4 Å². The van der Waals surface area contributed by atoms with E-state index in [4.69, 9.17) is 0 Å². The Labute approximate surface area is 146 Å². The minimum absolute atomic E-state index is 0.143. The van der Waals surface area contributed by atoms with Gasteiger partial charge in [-0.1, -0.05) is 24.3 Å². The first kappa shape index (κ1) is 17.2. The number of benzene rings is 2. The van der Waals surface area contributed by atoms with Crippen LogP contribution in [-0.2, 0) is 6.42 Å². The summed E-state index contributed by atoms with van der Waals surface area (Å²) in [6.45, 7) is 2.85. The molecule has 1 heterocycles. The predicted molar refractivity (Wildman–Crippen MR) is 93.7 cm³/mol. The Morgan fingerprint density at radius 2 is 1.76 bits per heavy atom. The summed E-state index contributed by atoms with van der Waals surface area (Å²) < 4.78 is 26.9. The van der Waals surface area contributed by atoms with Crippen LogP contribution in [0.25, 0.3) is 0 Å². The van der Waals surface area contributed by atoms with Crippen molar-refractivity contribution in [2.75, 3.05) is 37.6 Å². The van der Waals surface area contributed by atoms with Crippen LogP contribution < -0.4 is 10.2 Å². The molecule has 2 aromatic carbocycles. The molecule has 0 saturated carbocycles. The Balaban J connectivity index is 1.45. The molecular formula is C19H21F2N3O. The molecule has 0 atom stereocenters. The normalized spacial score (nSPS) is 14.5. The minimum atomic E-state index is -0.259. The third kappa shape index (κ3) is 4.47. The van der Waals surface area contributed by atoms with Crippen molar-refractivity contribution in [1.29, 1.82) is 0 Å². The standard InChI is InChI=1S/C19H21F2N3O/c20-16-5-3-6-17(14-16)23-10-12-24(13-11-23)19(25)22-9-8-15-4-1-2-7-18(15)21/h1-7,14H,8-13H2,(H,22,25). The maximum absolute atomic E-state index is 13.5. The molecule has 25 heavy (non-hydrogen) atoms. The number of nitrogens with one attached hydrogen (secondary N) is 1. The van der Waals surface area contributed by atoms with E-state index in [-0.39, 0.29) is 17.7 Å². The molecule has 1 fully saturated rings. The maximum Gasteiger partial charge on any atom is 0.317 e. The number of amides is 2. The van der Waals surface area contributed by atoms with E-state index < -0.39 is 0 Å². The highest BCUT2D eigenvalue weighted by Crippen LogP contribution is 2.17. The van der Waals surface area contributed by atoms with Gasteiger partial charge in [0.2, 0.25) is 0 Å². The molecule has 2 amide bonds. The summed E-state index contributed by atoms with van der Waals surface area (Å²) in [5.41, 5.74) is 1.43. The lowest BCUT2D eigenvalue weighted by atomic mass is 10.1. The van der Waals surface area contributed by atoms with Gasteiger partial charge in [0.15, 0.2) is 0 Å². The predicted octanol–water partition coefficient (Wildman–Crippen LogP) is 3.04. The fourth-order valence-corrected chi connectivity index (χ4v) is 2.96.